The number of para-hydroxylation sites is 1. The first kappa shape index (κ1) is 16.3. The highest BCUT2D eigenvalue weighted by molar-refractivity contribution is 7.91. The first-order chi connectivity index (χ1) is 10.1. The molecule has 1 saturated heterocycles. The van der Waals surface area contributed by atoms with Crippen LogP contribution in [0.2, 0.25) is 0 Å². The molecule has 1 N–H and O–H groups in total. The number of benzene rings is 1. The van der Waals surface area contributed by atoms with Gasteiger partial charge in [0.15, 0.2) is 9.84 Å². The maximum Gasteiger partial charge on any atom is 0.180 e. The topological polar surface area (TPSA) is 49.4 Å². The summed E-state index contributed by atoms with van der Waals surface area (Å²) in [5, 5.41) is 3.46. The number of rotatable bonds is 6. The summed E-state index contributed by atoms with van der Waals surface area (Å²) < 4.78 is 24.7. The smallest absolute Gasteiger partial charge is 0.180 e. The summed E-state index contributed by atoms with van der Waals surface area (Å²) in [4.78, 5) is 2.85. The van der Waals surface area contributed by atoms with Crippen LogP contribution < -0.4 is 5.32 Å². The summed E-state index contributed by atoms with van der Waals surface area (Å²) in [5.41, 5.74) is 0.758. The highest BCUT2D eigenvalue weighted by atomic mass is 32.2. The van der Waals surface area contributed by atoms with E-state index < -0.39 is 9.84 Å². The fourth-order valence-electron chi connectivity index (χ4n) is 2.92. The van der Waals surface area contributed by atoms with Gasteiger partial charge in [-0.3, -0.25) is 0 Å². The van der Waals surface area contributed by atoms with Crippen LogP contribution in [-0.4, -0.2) is 44.7 Å². The molecule has 0 spiro atoms. The quantitative estimate of drug-likeness (QED) is 0.878. The van der Waals surface area contributed by atoms with E-state index >= 15 is 0 Å². The first-order valence-electron chi connectivity index (χ1n) is 7.87. The molecule has 1 heterocycles. The monoisotopic (exact) mass is 310 g/mol. The van der Waals surface area contributed by atoms with E-state index in [1.807, 2.05) is 19.1 Å². The zero-order valence-corrected chi connectivity index (χ0v) is 13.8. The molecule has 0 saturated carbocycles. The van der Waals surface area contributed by atoms with E-state index in [4.69, 9.17) is 0 Å². The second kappa shape index (κ2) is 7.27. The molecule has 21 heavy (non-hydrogen) atoms. The van der Waals surface area contributed by atoms with Gasteiger partial charge in [0.25, 0.3) is 0 Å². The number of anilines is 1. The number of likely N-dealkylation sites (N-methyl/N-ethyl adjacent to an activating group) is 1. The van der Waals surface area contributed by atoms with Crippen LogP contribution in [-0.2, 0) is 9.84 Å². The Morgan fingerprint density at radius 3 is 2.76 bits per heavy atom. The van der Waals surface area contributed by atoms with Gasteiger partial charge in [-0.05, 0) is 44.5 Å². The molecule has 0 aliphatic carbocycles. The number of nitrogens with one attached hydrogen (secondary N) is 1. The lowest BCUT2D eigenvalue weighted by Crippen LogP contribution is -2.42. The Kier molecular flexibility index (Phi) is 5.65. The van der Waals surface area contributed by atoms with Crippen molar-refractivity contribution >= 4 is 15.5 Å². The normalized spacial score (nSPS) is 20.4. The van der Waals surface area contributed by atoms with Crippen LogP contribution in [0.25, 0.3) is 0 Å². The fraction of sp³-hybridized carbons (Fsp3) is 0.625. The minimum Gasteiger partial charge on any atom is -0.380 e. The van der Waals surface area contributed by atoms with Gasteiger partial charge < -0.3 is 10.2 Å². The van der Waals surface area contributed by atoms with Gasteiger partial charge in [0, 0.05) is 12.6 Å². The van der Waals surface area contributed by atoms with Crippen molar-refractivity contribution in [3.63, 3.8) is 0 Å². The summed E-state index contributed by atoms with van der Waals surface area (Å²) in [6, 6.07) is 7.62. The van der Waals surface area contributed by atoms with Crippen LogP contribution in [0.3, 0.4) is 0 Å². The SMILES string of the molecule is CCCS(=O)(=O)c1ccccc1NC1CCCN(CC)C1. The molecule has 1 aromatic rings. The molecule has 1 atom stereocenters. The van der Waals surface area contributed by atoms with Crippen molar-refractivity contribution in [2.24, 2.45) is 0 Å². The van der Waals surface area contributed by atoms with Crippen LogP contribution in [0, 0.1) is 0 Å². The number of hydrogen-bond donors (Lipinski definition) is 1. The fourth-order valence-corrected chi connectivity index (χ4v) is 4.42. The molecule has 2 rings (SSSR count). The summed E-state index contributed by atoms with van der Waals surface area (Å²) in [7, 11) is -3.19. The number of sulfone groups is 1. The molecule has 5 heteroatoms. The molecule has 4 nitrogen and oxygen atoms in total. The van der Waals surface area contributed by atoms with Crippen LogP contribution >= 0.6 is 0 Å². The van der Waals surface area contributed by atoms with E-state index in [2.05, 4.69) is 17.1 Å². The lowest BCUT2D eigenvalue weighted by atomic mass is 10.1. The molecular formula is C16H26N2O2S. The Labute approximate surface area is 128 Å². The number of nitrogens with zero attached hydrogens (tertiary/aromatic N) is 1. The second-order valence-corrected chi connectivity index (χ2v) is 7.77. The predicted molar refractivity (Wildman–Crippen MR) is 87.5 cm³/mol. The third-order valence-corrected chi connectivity index (χ3v) is 5.98. The predicted octanol–water partition coefficient (Wildman–Crippen LogP) is 2.77. The zero-order valence-electron chi connectivity index (χ0n) is 13.0. The Morgan fingerprint density at radius 1 is 1.29 bits per heavy atom. The van der Waals surface area contributed by atoms with Gasteiger partial charge in [0.2, 0.25) is 0 Å². The van der Waals surface area contributed by atoms with Crippen molar-refractivity contribution in [3.05, 3.63) is 24.3 Å². The van der Waals surface area contributed by atoms with Gasteiger partial charge in [0.1, 0.15) is 0 Å². The lowest BCUT2D eigenvalue weighted by Gasteiger charge is -2.33. The van der Waals surface area contributed by atoms with E-state index in [0.717, 1.165) is 38.2 Å². The van der Waals surface area contributed by atoms with Gasteiger partial charge in [-0.15, -0.1) is 0 Å². The second-order valence-electron chi connectivity index (χ2n) is 5.69. The van der Waals surface area contributed by atoms with Crippen LogP contribution in [0.4, 0.5) is 5.69 Å². The number of hydrogen-bond acceptors (Lipinski definition) is 4. The number of likely N-dealkylation sites (tertiary alicyclic amines) is 1. The lowest BCUT2D eigenvalue weighted by molar-refractivity contribution is 0.226. The molecule has 0 radical (unpaired) electrons. The van der Waals surface area contributed by atoms with E-state index in [9.17, 15) is 8.42 Å². The zero-order chi connectivity index (χ0) is 15.3. The van der Waals surface area contributed by atoms with Gasteiger partial charge in [-0.25, -0.2) is 8.42 Å². The third-order valence-electron chi connectivity index (χ3n) is 4.01. The molecule has 1 unspecified atom stereocenters. The largest absolute Gasteiger partial charge is 0.380 e. The molecule has 1 aliphatic heterocycles. The average molecular weight is 310 g/mol. The van der Waals surface area contributed by atoms with Gasteiger partial charge in [0.05, 0.1) is 16.3 Å². The standard InChI is InChI=1S/C16H26N2O2S/c1-3-12-21(19,20)16-10-6-5-9-15(16)17-14-8-7-11-18(4-2)13-14/h5-6,9-10,14,17H,3-4,7-8,11-13H2,1-2H3. The van der Waals surface area contributed by atoms with Gasteiger partial charge in [-0.1, -0.05) is 26.0 Å². The molecule has 1 fully saturated rings. The molecular weight excluding hydrogens is 284 g/mol. The summed E-state index contributed by atoms with van der Waals surface area (Å²) in [6.45, 7) is 7.24. The van der Waals surface area contributed by atoms with Crippen molar-refractivity contribution in [1.82, 2.24) is 4.90 Å². The minimum atomic E-state index is -3.19. The van der Waals surface area contributed by atoms with Crippen molar-refractivity contribution in [1.29, 1.82) is 0 Å². The Balaban J connectivity index is 2.17. The highest BCUT2D eigenvalue weighted by Gasteiger charge is 2.22. The molecule has 0 aromatic heterocycles. The molecule has 118 valence electrons. The molecule has 0 bridgehead atoms. The highest BCUT2D eigenvalue weighted by Crippen LogP contribution is 2.25. The van der Waals surface area contributed by atoms with Crippen LogP contribution in [0.1, 0.15) is 33.1 Å². The Bertz CT molecular complexity index is 557. The van der Waals surface area contributed by atoms with Crippen molar-refractivity contribution in [2.75, 3.05) is 30.7 Å². The molecule has 1 aliphatic rings. The third kappa shape index (κ3) is 4.20. The number of piperidine rings is 1. The van der Waals surface area contributed by atoms with E-state index in [1.165, 1.54) is 0 Å². The van der Waals surface area contributed by atoms with E-state index in [0.29, 0.717) is 17.4 Å². The van der Waals surface area contributed by atoms with Crippen molar-refractivity contribution < 1.29 is 8.42 Å². The van der Waals surface area contributed by atoms with Crippen molar-refractivity contribution in [2.45, 2.75) is 44.0 Å². The summed E-state index contributed by atoms with van der Waals surface area (Å²) in [6.07, 6.45) is 2.90. The average Bonchev–Trinajstić information content (AvgIpc) is 2.48. The van der Waals surface area contributed by atoms with Crippen molar-refractivity contribution in [3.8, 4) is 0 Å². The summed E-state index contributed by atoms with van der Waals surface area (Å²) in [5.74, 6) is 0.206. The maximum absolute atomic E-state index is 12.4. The van der Waals surface area contributed by atoms with Crippen LogP contribution in [0.5, 0.6) is 0 Å². The van der Waals surface area contributed by atoms with Crippen LogP contribution in [0.15, 0.2) is 29.2 Å². The first-order valence-corrected chi connectivity index (χ1v) is 9.52. The van der Waals surface area contributed by atoms with E-state index in [-0.39, 0.29) is 5.75 Å². The maximum atomic E-state index is 12.4. The van der Waals surface area contributed by atoms with Gasteiger partial charge in [-0.2, -0.15) is 0 Å². The minimum absolute atomic E-state index is 0.206. The Hall–Kier alpha value is -1.07. The summed E-state index contributed by atoms with van der Waals surface area (Å²) >= 11 is 0. The van der Waals surface area contributed by atoms with Gasteiger partial charge >= 0.3 is 0 Å². The molecule has 0 amide bonds. The Morgan fingerprint density at radius 2 is 2.05 bits per heavy atom. The molecule has 1 aromatic carbocycles. The van der Waals surface area contributed by atoms with E-state index in [1.54, 1.807) is 12.1 Å².